The highest BCUT2D eigenvalue weighted by molar-refractivity contribution is 7.99. The smallest absolute Gasteiger partial charge is 0.269 e. The molecule has 0 heterocycles. The predicted octanol–water partition coefficient (Wildman–Crippen LogP) is 4.40. The molecule has 0 saturated carbocycles. The summed E-state index contributed by atoms with van der Waals surface area (Å²) < 4.78 is 0. The number of nitrogens with zero attached hydrogens (tertiary/aromatic N) is 1. The fraction of sp³-hybridized carbons (Fsp3) is 0.143. The molecule has 0 saturated heterocycles. The van der Waals surface area contributed by atoms with Crippen molar-refractivity contribution < 1.29 is 4.92 Å². The van der Waals surface area contributed by atoms with Crippen LogP contribution in [0.3, 0.4) is 0 Å². The van der Waals surface area contributed by atoms with Crippen molar-refractivity contribution in [2.24, 2.45) is 0 Å². The fourth-order valence-corrected chi connectivity index (χ4v) is 2.52. The Hall–Kier alpha value is -1.72. The Morgan fingerprint density at radius 2 is 1.60 bits per heavy atom. The second kappa shape index (κ2) is 7.17. The van der Waals surface area contributed by atoms with Crippen molar-refractivity contribution in [1.29, 1.82) is 0 Å². The maximum atomic E-state index is 10.6. The molecule has 0 radical (unpaired) electrons. The van der Waals surface area contributed by atoms with Gasteiger partial charge in [-0.3, -0.25) is 10.1 Å². The minimum atomic E-state index is -0.397. The van der Waals surface area contributed by atoms with Crippen molar-refractivity contribution in [2.45, 2.75) is 9.79 Å². The van der Waals surface area contributed by atoms with Crippen LogP contribution in [0.15, 0.2) is 58.3 Å². The summed E-state index contributed by atoms with van der Waals surface area (Å²) in [6, 6.07) is 14.5. The third-order valence-electron chi connectivity index (χ3n) is 2.56. The number of rotatable bonds is 6. The summed E-state index contributed by atoms with van der Waals surface area (Å²) in [7, 11) is 0. The second-order valence-electron chi connectivity index (χ2n) is 3.99. The van der Waals surface area contributed by atoms with E-state index in [1.54, 1.807) is 23.9 Å². The van der Waals surface area contributed by atoms with Crippen molar-refractivity contribution >= 4 is 34.7 Å². The van der Waals surface area contributed by atoms with Crippen molar-refractivity contribution in [3.8, 4) is 0 Å². The molecule has 0 unspecified atom stereocenters. The Labute approximate surface area is 126 Å². The van der Waals surface area contributed by atoms with E-state index in [9.17, 15) is 10.1 Å². The SMILES string of the molecule is O=[N+]([O-])c1ccc(Sc2ccc(NCCCl)cc2)cc1. The summed E-state index contributed by atoms with van der Waals surface area (Å²) >= 11 is 7.17. The lowest BCUT2D eigenvalue weighted by Crippen LogP contribution is -2.01. The molecule has 0 aliphatic rings. The highest BCUT2D eigenvalue weighted by Gasteiger charge is 2.04. The zero-order valence-corrected chi connectivity index (χ0v) is 12.2. The number of anilines is 1. The first-order chi connectivity index (χ1) is 9.69. The molecule has 0 amide bonds. The molecule has 104 valence electrons. The largest absolute Gasteiger partial charge is 0.384 e. The molecule has 0 aliphatic heterocycles. The molecular weight excluding hydrogens is 296 g/mol. The van der Waals surface area contributed by atoms with Gasteiger partial charge in [-0.1, -0.05) is 11.8 Å². The number of halogens is 1. The van der Waals surface area contributed by atoms with Crippen molar-refractivity contribution in [2.75, 3.05) is 17.7 Å². The Morgan fingerprint density at radius 1 is 1.05 bits per heavy atom. The highest BCUT2D eigenvalue weighted by Crippen LogP contribution is 2.29. The van der Waals surface area contributed by atoms with Gasteiger partial charge in [0.15, 0.2) is 0 Å². The number of nitrogens with one attached hydrogen (secondary N) is 1. The Morgan fingerprint density at radius 3 is 2.10 bits per heavy atom. The molecule has 1 N–H and O–H groups in total. The number of nitro groups is 1. The van der Waals surface area contributed by atoms with Gasteiger partial charge in [0.05, 0.1) is 4.92 Å². The van der Waals surface area contributed by atoms with E-state index in [1.807, 2.05) is 24.3 Å². The number of hydrogen-bond acceptors (Lipinski definition) is 4. The standard InChI is InChI=1S/C14H13ClN2O2S/c15-9-10-16-11-1-5-13(6-2-11)20-14-7-3-12(4-8-14)17(18)19/h1-8,16H,9-10H2. The van der Waals surface area contributed by atoms with Crippen LogP contribution in [0.5, 0.6) is 0 Å². The van der Waals surface area contributed by atoms with Crippen molar-refractivity contribution in [1.82, 2.24) is 0 Å². The van der Waals surface area contributed by atoms with Crippen LogP contribution in [0.4, 0.5) is 11.4 Å². The monoisotopic (exact) mass is 308 g/mol. The lowest BCUT2D eigenvalue weighted by molar-refractivity contribution is -0.384. The minimum Gasteiger partial charge on any atom is -0.384 e. The summed E-state index contributed by atoms with van der Waals surface area (Å²) in [6.07, 6.45) is 0. The van der Waals surface area contributed by atoms with Gasteiger partial charge in [0.25, 0.3) is 5.69 Å². The molecule has 0 aliphatic carbocycles. The fourth-order valence-electron chi connectivity index (χ4n) is 1.60. The van der Waals surface area contributed by atoms with Crippen LogP contribution in [0.25, 0.3) is 0 Å². The van der Waals surface area contributed by atoms with Gasteiger partial charge < -0.3 is 5.32 Å². The van der Waals surface area contributed by atoms with Crippen LogP contribution in [0, 0.1) is 10.1 Å². The van der Waals surface area contributed by atoms with Gasteiger partial charge in [-0.05, 0) is 36.4 Å². The number of hydrogen-bond donors (Lipinski definition) is 1. The normalized spacial score (nSPS) is 10.2. The summed E-state index contributed by atoms with van der Waals surface area (Å²) in [6.45, 7) is 0.733. The van der Waals surface area contributed by atoms with Gasteiger partial charge in [0, 0.05) is 40.0 Å². The molecule has 4 nitrogen and oxygen atoms in total. The minimum absolute atomic E-state index is 0.106. The van der Waals surface area contributed by atoms with Gasteiger partial charge in [0.1, 0.15) is 0 Å². The Balaban J connectivity index is 2.00. The summed E-state index contributed by atoms with van der Waals surface area (Å²) in [5.74, 6) is 0.569. The molecule has 20 heavy (non-hydrogen) atoms. The van der Waals surface area contributed by atoms with E-state index in [1.165, 1.54) is 12.1 Å². The molecule has 0 spiro atoms. The lowest BCUT2D eigenvalue weighted by Gasteiger charge is -2.05. The van der Waals surface area contributed by atoms with E-state index in [0.29, 0.717) is 5.88 Å². The van der Waals surface area contributed by atoms with Crippen LogP contribution < -0.4 is 5.32 Å². The molecule has 0 bridgehead atoms. The van der Waals surface area contributed by atoms with E-state index in [-0.39, 0.29) is 5.69 Å². The molecule has 0 atom stereocenters. The van der Waals surface area contributed by atoms with E-state index in [4.69, 9.17) is 11.6 Å². The van der Waals surface area contributed by atoms with Gasteiger partial charge >= 0.3 is 0 Å². The lowest BCUT2D eigenvalue weighted by atomic mass is 10.3. The van der Waals surface area contributed by atoms with E-state index in [0.717, 1.165) is 22.0 Å². The summed E-state index contributed by atoms with van der Waals surface area (Å²) in [4.78, 5) is 12.2. The third-order valence-corrected chi connectivity index (χ3v) is 3.77. The molecule has 6 heteroatoms. The van der Waals surface area contributed by atoms with Crippen LogP contribution >= 0.6 is 23.4 Å². The van der Waals surface area contributed by atoms with Crippen molar-refractivity contribution in [3.05, 3.63) is 58.6 Å². The zero-order chi connectivity index (χ0) is 14.4. The van der Waals surface area contributed by atoms with Gasteiger partial charge in [-0.15, -0.1) is 11.6 Å². The van der Waals surface area contributed by atoms with Crippen molar-refractivity contribution in [3.63, 3.8) is 0 Å². The first-order valence-electron chi connectivity index (χ1n) is 6.01. The maximum absolute atomic E-state index is 10.6. The number of nitro benzene ring substituents is 1. The second-order valence-corrected chi connectivity index (χ2v) is 5.52. The summed E-state index contributed by atoms with van der Waals surface area (Å²) in [5.41, 5.74) is 1.13. The first-order valence-corrected chi connectivity index (χ1v) is 7.36. The average molecular weight is 309 g/mol. The van der Waals surface area contributed by atoms with E-state index in [2.05, 4.69) is 5.32 Å². The highest BCUT2D eigenvalue weighted by atomic mass is 35.5. The first kappa shape index (κ1) is 14.7. The Bertz CT molecular complexity index is 573. The summed E-state index contributed by atoms with van der Waals surface area (Å²) in [5, 5.41) is 13.8. The average Bonchev–Trinajstić information content (AvgIpc) is 2.47. The zero-order valence-electron chi connectivity index (χ0n) is 10.6. The third kappa shape index (κ3) is 4.15. The molecule has 2 aromatic rings. The molecule has 0 aromatic heterocycles. The maximum Gasteiger partial charge on any atom is 0.269 e. The van der Waals surface area contributed by atoms with Gasteiger partial charge in [-0.25, -0.2) is 0 Å². The number of alkyl halides is 1. The van der Waals surface area contributed by atoms with Gasteiger partial charge in [0.2, 0.25) is 0 Å². The predicted molar refractivity (Wildman–Crippen MR) is 82.9 cm³/mol. The van der Waals surface area contributed by atoms with Gasteiger partial charge in [-0.2, -0.15) is 0 Å². The van der Waals surface area contributed by atoms with E-state index < -0.39 is 4.92 Å². The van der Waals surface area contributed by atoms with Crippen LogP contribution in [0.1, 0.15) is 0 Å². The molecule has 2 aromatic carbocycles. The topological polar surface area (TPSA) is 55.2 Å². The molecule has 2 rings (SSSR count). The van der Waals surface area contributed by atoms with Crippen LogP contribution in [0.2, 0.25) is 0 Å². The van der Waals surface area contributed by atoms with E-state index >= 15 is 0 Å². The molecule has 0 fully saturated rings. The Kier molecular flexibility index (Phi) is 5.26. The van der Waals surface area contributed by atoms with Crippen LogP contribution in [-0.4, -0.2) is 17.3 Å². The van der Waals surface area contributed by atoms with Crippen LogP contribution in [-0.2, 0) is 0 Å². The number of benzene rings is 2. The molecular formula is C14H13ClN2O2S. The quantitative estimate of drug-likeness (QED) is 0.488. The number of non-ortho nitro benzene ring substituents is 1.